The van der Waals surface area contributed by atoms with Crippen LogP contribution in [0, 0.1) is 0 Å². The van der Waals surface area contributed by atoms with Crippen LogP contribution >= 0.6 is 0 Å². The molecule has 126 valence electrons. The summed E-state index contributed by atoms with van der Waals surface area (Å²) in [6.07, 6.45) is 3.26. The van der Waals surface area contributed by atoms with Crippen LogP contribution in [0.5, 0.6) is 0 Å². The van der Waals surface area contributed by atoms with Gasteiger partial charge >= 0.3 is 0 Å². The molecule has 0 bridgehead atoms. The Hall–Kier alpha value is -2.47. The number of nitrogens with zero attached hydrogens (tertiary/aromatic N) is 5. The van der Waals surface area contributed by atoms with E-state index in [2.05, 4.69) is 26.8 Å². The number of likely N-dealkylation sites (N-methyl/N-ethyl adjacent to an activating group) is 1. The second-order valence-corrected chi connectivity index (χ2v) is 6.21. The van der Waals surface area contributed by atoms with Crippen LogP contribution in [0.4, 0.5) is 5.95 Å². The van der Waals surface area contributed by atoms with Crippen molar-refractivity contribution < 1.29 is 4.79 Å². The van der Waals surface area contributed by atoms with E-state index in [0.717, 1.165) is 31.7 Å². The first-order chi connectivity index (χ1) is 11.6. The van der Waals surface area contributed by atoms with Gasteiger partial charge in [0, 0.05) is 52.2 Å². The van der Waals surface area contributed by atoms with Gasteiger partial charge in [-0.05, 0) is 12.6 Å². The third kappa shape index (κ3) is 3.89. The molecular formula is C18H23N5O. The summed E-state index contributed by atoms with van der Waals surface area (Å²) in [5.41, 5.74) is 1.62. The van der Waals surface area contributed by atoms with Gasteiger partial charge in [-0.2, -0.15) is 0 Å². The first-order valence-electron chi connectivity index (χ1n) is 8.18. The number of piperazine rings is 1. The van der Waals surface area contributed by atoms with Crippen LogP contribution in [-0.2, 0) is 6.54 Å². The molecule has 0 unspecified atom stereocenters. The highest BCUT2D eigenvalue weighted by atomic mass is 16.2. The molecule has 2 heterocycles. The standard InChI is InChI=1S/C18H23N5O/c1-21-8-10-23(11-9-21)18-19-12-16(13-20-18)17(24)22(2)14-15-6-4-3-5-7-15/h3-7,12-13H,8-11,14H2,1-2H3. The van der Waals surface area contributed by atoms with Gasteiger partial charge in [0.2, 0.25) is 5.95 Å². The number of anilines is 1. The first kappa shape index (κ1) is 16.4. The molecule has 1 aliphatic heterocycles. The molecular weight excluding hydrogens is 302 g/mol. The Labute approximate surface area is 142 Å². The lowest BCUT2D eigenvalue weighted by atomic mass is 10.2. The maximum atomic E-state index is 12.5. The van der Waals surface area contributed by atoms with Crippen LogP contribution in [0.15, 0.2) is 42.7 Å². The van der Waals surface area contributed by atoms with Gasteiger partial charge in [-0.15, -0.1) is 0 Å². The molecule has 24 heavy (non-hydrogen) atoms. The number of hydrogen-bond acceptors (Lipinski definition) is 5. The molecule has 1 fully saturated rings. The average molecular weight is 325 g/mol. The number of hydrogen-bond donors (Lipinski definition) is 0. The minimum Gasteiger partial charge on any atom is -0.338 e. The van der Waals surface area contributed by atoms with Crippen molar-refractivity contribution in [1.82, 2.24) is 19.8 Å². The van der Waals surface area contributed by atoms with E-state index in [0.29, 0.717) is 18.1 Å². The van der Waals surface area contributed by atoms with E-state index in [1.54, 1.807) is 24.3 Å². The van der Waals surface area contributed by atoms with E-state index in [1.165, 1.54) is 0 Å². The number of amides is 1. The number of rotatable bonds is 4. The Balaban J connectivity index is 1.63. The molecule has 0 aliphatic carbocycles. The number of aromatic nitrogens is 2. The quantitative estimate of drug-likeness (QED) is 0.853. The van der Waals surface area contributed by atoms with Gasteiger partial charge in [0.25, 0.3) is 5.91 Å². The summed E-state index contributed by atoms with van der Waals surface area (Å²) in [6.45, 7) is 4.41. The van der Waals surface area contributed by atoms with Gasteiger partial charge in [-0.25, -0.2) is 9.97 Å². The predicted octanol–water partition coefficient (Wildman–Crippen LogP) is 1.50. The Morgan fingerprint density at radius 1 is 1.08 bits per heavy atom. The van der Waals surface area contributed by atoms with E-state index in [9.17, 15) is 4.79 Å². The lowest BCUT2D eigenvalue weighted by Crippen LogP contribution is -2.45. The lowest BCUT2D eigenvalue weighted by Gasteiger charge is -2.32. The van der Waals surface area contributed by atoms with Gasteiger partial charge < -0.3 is 14.7 Å². The van der Waals surface area contributed by atoms with Crippen LogP contribution in [0.1, 0.15) is 15.9 Å². The number of benzene rings is 1. The molecule has 0 saturated carbocycles. The second-order valence-electron chi connectivity index (χ2n) is 6.21. The molecule has 1 amide bonds. The minimum absolute atomic E-state index is 0.0659. The van der Waals surface area contributed by atoms with E-state index in [4.69, 9.17) is 0 Å². The zero-order valence-electron chi connectivity index (χ0n) is 14.2. The summed E-state index contributed by atoms with van der Waals surface area (Å²) in [5, 5.41) is 0. The number of carbonyl (C=O) groups is 1. The molecule has 0 spiro atoms. The van der Waals surface area contributed by atoms with Crippen molar-refractivity contribution in [2.45, 2.75) is 6.54 Å². The van der Waals surface area contributed by atoms with Gasteiger partial charge in [0.15, 0.2) is 0 Å². The van der Waals surface area contributed by atoms with Crippen molar-refractivity contribution in [2.24, 2.45) is 0 Å². The summed E-state index contributed by atoms with van der Waals surface area (Å²) >= 11 is 0. The molecule has 0 atom stereocenters. The summed E-state index contributed by atoms with van der Waals surface area (Å²) in [6, 6.07) is 9.94. The van der Waals surface area contributed by atoms with Crippen molar-refractivity contribution in [3.8, 4) is 0 Å². The van der Waals surface area contributed by atoms with E-state index in [-0.39, 0.29) is 5.91 Å². The summed E-state index contributed by atoms with van der Waals surface area (Å²) < 4.78 is 0. The molecule has 1 saturated heterocycles. The van der Waals surface area contributed by atoms with E-state index in [1.807, 2.05) is 30.3 Å². The largest absolute Gasteiger partial charge is 0.338 e. The molecule has 6 heteroatoms. The Morgan fingerprint density at radius 3 is 2.33 bits per heavy atom. The van der Waals surface area contributed by atoms with Crippen molar-refractivity contribution >= 4 is 11.9 Å². The molecule has 0 radical (unpaired) electrons. The zero-order valence-corrected chi connectivity index (χ0v) is 14.2. The van der Waals surface area contributed by atoms with Crippen molar-refractivity contribution in [3.05, 3.63) is 53.9 Å². The minimum atomic E-state index is -0.0659. The Bertz CT molecular complexity index is 666. The van der Waals surface area contributed by atoms with Gasteiger partial charge in [0.1, 0.15) is 0 Å². The molecule has 3 rings (SSSR count). The van der Waals surface area contributed by atoms with Crippen LogP contribution in [0.3, 0.4) is 0 Å². The SMILES string of the molecule is CN1CCN(c2ncc(C(=O)N(C)Cc3ccccc3)cn2)CC1. The predicted molar refractivity (Wildman–Crippen MR) is 94.0 cm³/mol. The molecule has 0 N–H and O–H groups in total. The number of carbonyl (C=O) groups excluding carboxylic acids is 1. The van der Waals surface area contributed by atoms with Gasteiger partial charge in [-0.3, -0.25) is 4.79 Å². The maximum absolute atomic E-state index is 12.5. The fourth-order valence-electron chi connectivity index (χ4n) is 2.75. The van der Waals surface area contributed by atoms with Crippen LogP contribution in [0.25, 0.3) is 0 Å². The molecule has 6 nitrogen and oxygen atoms in total. The summed E-state index contributed by atoms with van der Waals surface area (Å²) in [5.74, 6) is 0.633. The Morgan fingerprint density at radius 2 is 1.71 bits per heavy atom. The maximum Gasteiger partial charge on any atom is 0.257 e. The first-order valence-corrected chi connectivity index (χ1v) is 8.18. The normalized spacial score (nSPS) is 15.3. The second kappa shape index (κ2) is 7.40. The van der Waals surface area contributed by atoms with Crippen LogP contribution < -0.4 is 4.90 Å². The lowest BCUT2D eigenvalue weighted by molar-refractivity contribution is 0.0784. The molecule has 2 aromatic rings. The molecule has 1 aromatic carbocycles. The monoisotopic (exact) mass is 325 g/mol. The third-order valence-electron chi connectivity index (χ3n) is 4.28. The topological polar surface area (TPSA) is 52.6 Å². The van der Waals surface area contributed by atoms with Crippen LogP contribution in [-0.4, -0.2) is 65.9 Å². The smallest absolute Gasteiger partial charge is 0.257 e. The van der Waals surface area contributed by atoms with Crippen molar-refractivity contribution in [1.29, 1.82) is 0 Å². The van der Waals surface area contributed by atoms with E-state index < -0.39 is 0 Å². The van der Waals surface area contributed by atoms with Gasteiger partial charge in [0.05, 0.1) is 5.56 Å². The zero-order chi connectivity index (χ0) is 16.9. The van der Waals surface area contributed by atoms with E-state index >= 15 is 0 Å². The summed E-state index contributed by atoms with van der Waals surface area (Å²) in [4.78, 5) is 27.4. The third-order valence-corrected chi connectivity index (χ3v) is 4.28. The highest BCUT2D eigenvalue weighted by molar-refractivity contribution is 5.93. The highest BCUT2D eigenvalue weighted by Crippen LogP contribution is 2.12. The van der Waals surface area contributed by atoms with Crippen molar-refractivity contribution in [2.75, 3.05) is 45.2 Å². The highest BCUT2D eigenvalue weighted by Gasteiger charge is 2.18. The fourth-order valence-corrected chi connectivity index (χ4v) is 2.75. The van der Waals surface area contributed by atoms with Crippen molar-refractivity contribution in [3.63, 3.8) is 0 Å². The fraction of sp³-hybridized carbons (Fsp3) is 0.389. The van der Waals surface area contributed by atoms with Gasteiger partial charge in [-0.1, -0.05) is 30.3 Å². The molecule has 1 aliphatic rings. The molecule has 1 aromatic heterocycles. The Kier molecular flexibility index (Phi) is 5.05. The van der Waals surface area contributed by atoms with Crippen LogP contribution in [0.2, 0.25) is 0 Å². The summed E-state index contributed by atoms with van der Waals surface area (Å²) in [7, 11) is 3.91. The average Bonchev–Trinajstić information content (AvgIpc) is 2.63.